The summed E-state index contributed by atoms with van der Waals surface area (Å²) in [6, 6.07) is 2.54. The molecule has 0 aliphatic carbocycles. The summed E-state index contributed by atoms with van der Waals surface area (Å²) >= 11 is 0. The summed E-state index contributed by atoms with van der Waals surface area (Å²) < 4.78 is 0. The van der Waals surface area contributed by atoms with Gasteiger partial charge in [-0.1, -0.05) is 13.8 Å². The lowest BCUT2D eigenvalue weighted by atomic mass is 10.2. The van der Waals surface area contributed by atoms with E-state index in [1.54, 1.807) is 0 Å². The summed E-state index contributed by atoms with van der Waals surface area (Å²) in [4.78, 5) is 4.05. The maximum absolute atomic E-state index is 4.05. The van der Waals surface area contributed by atoms with Gasteiger partial charge in [0, 0.05) is 25.8 Å². The molecule has 0 bridgehead atoms. The van der Waals surface area contributed by atoms with Crippen LogP contribution in [-0.4, -0.2) is 18.1 Å². The Bertz CT molecular complexity index is 258. The van der Waals surface area contributed by atoms with Gasteiger partial charge in [0.15, 0.2) is 0 Å². The Morgan fingerprint density at radius 1 is 1.46 bits per heavy atom. The topological polar surface area (TPSA) is 37.0 Å². The van der Waals surface area contributed by atoms with E-state index >= 15 is 0 Å². The fourth-order valence-electron chi connectivity index (χ4n) is 1.12. The van der Waals surface area contributed by atoms with Crippen molar-refractivity contribution in [3.05, 3.63) is 24.0 Å². The summed E-state index contributed by atoms with van der Waals surface area (Å²) in [6.45, 7) is 5.16. The molecule has 0 aromatic carbocycles. The Labute approximate surface area is 79.6 Å². The van der Waals surface area contributed by atoms with Gasteiger partial charge in [-0.25, -0.2) is 0 Å². The van der Waals surface area contributed by atoms with E-state index in [9.17, 15) is 0 Å². The molecule has 0 spiro atoms. The average molecular weight is 179 g/mol. The maximum Gasteiger partial charge on any atom is 0.0569 e. The fourth-order valence-corrected chi connectivity index (χ4v) is 1.12. The molecule has 0 saturated carbocycles. The molecule has 3 nitrogen and oxygen atoms in total. The van der Waals surface area contributed by atoms with E-state index in [4.69, 9.17) is 0 Å². The van der Waals surface area contributed by atoms with Gasteiger partial charge < -0.3 is 10.6 Å². The van der Waals surface area contributed by atoms with Crippen molar-refractivity contribution in [1.82, 2.24) is 10.3 Å². The van der Waals surface area contributed by atoms with Crippen LogP contribution >= 0.6 is 0 Å². The fraction of sp³-hybridized carbons (Fsp3) is 0.500. The zero-order chi connectivity index (χ0) is 9.68. The van der Waals surface area contributed by atoms with Crippen LogP contribution in [0.15, 0.2) is 18.5 Å². The average Bonchev–Trinajstić information content (AvgIpc) is 2.15. The van der Waals surface area contributed by atoms with Crippen LogP contribution in [0.4, 0.5) is 5.69 Å². The van der Waals surface area contributed by atoms with Crippen molar-refractivity contribution in [3.8, 4) is 0 Å². The maximum atomic E-state index is 4.05. The molecule has 0 saturated heterocycles. The molecule has 0 unspecified atom stereocenters. The first-order chi connectivity index (χ1) is 6.24. The molecule has 0 atom stereocenters. The van der Waals surface area contributed by atoms with Gasteiger partial charge in [-0.15, -0.1) is 0 Å². The lowest BCUT2D eigenvalue weighted by Crippen LogP contribution is -2.22. The molecule has 0 aliphatic heterocycles. The number of hydrogen-bond acceptors (Lipinski definition) is 3. The molecule has 0 radical (unpaired) electrons. The molecule has 0 fully saturated rings. The number of pyridine rings is 1. The summed E-state index contributed by atoms with van der Waals surface area (Å²) in [6.07, 6.45) is 3.66. The van der Waals surface area contributed by atoms with Crippen molar-refractivity contribution < 1.29 is 0 Å². The van der Waals surface area contributed by atoms with Crippen LogP contribution in [0.1, 0.15) is 19.4 Å². The highest BCUT2D eigenvalue weighted by molar-refractivity contribution is 5.48. The largest absolute Gasteiger partial charge is 0.387 e. The van der Waals surface area contributed by atoms with E-state index in [1.165, 1.54) is 5.56 Å². The second kappa shape index (κ2) is 4.82. The minimum atomic E-state index is 0.512. The van der Waals surface area contributed by atoms with Crippen molar-refractivity contribution in [1.29, 1.82) is 0 Å². The highest BCUT2D eigenvalue weighted by atomic mass is 14.9. The number of aromatic nitrogens is 1. The third-order valence-electron chi connectivity index (χ3n) is 1.88. The molecule has 0 amide bonds. The zero-order valence-corrected chi connectivity index (χ0v) is 8.46. The number of nitrogens with zero attached hydrogens (tertiary/aromatic N) is 1. The summed E-state index contributed by atoms with van der Waals surface area (Å²) in [7, 11) is 1.91. The first-order valence-corrected chi connectivity index (χ1v) is 4.58. The van der Waals surface area contributed by atoms with Crippen LogP contribution in [0.2, 0.25) is 0 Å². The van der Waals surface area contributed by atoms with Crippen molar-refractivity contribution in [2.75, 3.05) is 12.4 Å². The van der Waals surface area contributed by atoms with E-state index in [0.29, 0.717) is 6.04 Å². The predicted octanol–water partition coefficient (Wildman–Crippen LogP) is 1.62. The molecule has 13 heavy (non-hydrogen) atoms. The van der Waals surface area contributed by atoms with Crippen molar-refractivity contribution >= 4 is 5.69 Å². The zero-order valence-electron chi connectivity index (χ0n) is 8.46. The second-order valence-corrected chi connectivity index (χ2v) is 3.32. The number of rotatable bonds is 4. The Hall–Kier alpha value is -1.09. The van der Waals surface area contributed by atoms with Gasteiger partial charge in [0.25, 0.3) is 0 Å². The first-order valence-electron chi connectivity index (χ1n) is 4.58. The van der Waals surface area contributed by atoms with Gasteiger partial charge >= 0.3 is 0 Å². The molecule has 0 aliphatic rings. The van der Waals surface area contributed by atoms with Crippen LogP contribution < -0.4 is 10.6 Å². The summed E-state index contributed by atoms with van der Waals surface area (Å²) in [5.41, 5.74) is 2.35. The van der Waals surface area contributed by atoms with E-state index in [-0.39, 0.29) is 0 Å². The smallest absolute Gasteiger partial charge is 0.0569 e. The number of nitrogens with one attached hydrogen (secondary N) is 2. The lowest BCUT2D eigenvalue weighted by molar-refractivity contribution is 0.589. The predicted molar refractivity (Wildman–Crippen MR) is 55.8 cm³/mol. The van der Waals surface area contributed by atoms with E-state index in [0.717, 1.165) is 12.2 Å². The van der Waals surface area contributed by atoms with Gasteiger partial charge in [-0.2, -0.15) is 0 Å². The van der Waals surface area contributed by atoms with Gasteiger partial charge in [-0.3, -0.25) is 4.98 Å². The van der Waals surface area contributed by atoms with Gasteiger partial charge in [0.1, 0.15) is 0 Å². The van der Waals surface area contributed by atoms with Crippen LogP contribution in [-0.2, 0) is 6.54 Å². The molecule has 1 heterocycles. The normalized spacial score (nSPS) is 10.5. The van der Waals surface area contributed by atoms with Gasteiger partial charge in [-0.05, 0) is 11.6 Å². The molecule has 2 N–H and O–H groups in total. The second-order valence-electron chi connectivity index (χ2n) is 3.32. The van der Waals surface area contributed by atoms with Crippen molar-refractivity contribution in [3.63, 3.8) is 0 Å². The van der Waals surface area contributed by atoms with Crippen molar-refractivity contribution in [2.45, 2.75) is 26.4 Å². The summed E-state index contributed by atoms with van der Waals surface area (Å²) in [5, 5.41) is 6.49. The minimum absolute atomic E-state index is 0.512. The van der Waals surface area contributed by atoms with Crippen LogP contribution in [0.5, 0.6) is 0 Å². The molecule has 1 aromatic heterocycles. The highest BCUT2D eigenvalue weighted by Crippen LogP contribution is 2.11. The lowest BCUT2D eigenvalue weighted by Gasteiger charge is -2.11. The molecule has 1 aromatic rings. The number of hydrogen-bond donors (Lipinski definition) is 2. The first kappa shape index (κ1) is 9.99. The van der Waals surface area contributed by atoms with Crippen LogP contribution in [0.25, 0.3) is 0 Å². The van der Waals surface area contributed by atoms with E-state index < -0.39 is 0 Å². The number of anilines is 1. The third-order valence-corrected chi connectivity index (χ3v) is 1.88. The van der Waals surface area contributed by atoms with Crippen LogP contribution in [0, 0.1) is 0 Å². The monoisotopic (exact) mass is 179 g/mol. The molecule has 1 rings (SSSR count). The third kappa shape index (κ3) is 3.03. The molecular weight excluding hydrogens is 162 g/mol. The summed E-state index contributed by atoms with van der Waals surface area (Å²) in [5.74, 6) is 0. The Morgan fingerprint density at radius 3 is 2.85 bits per heavy atom. The van der Waals surface area contributed by atoms with E-state index in [1.807, 2.05) is 25.5 Å². The van der Waals surface area contributed by atoms with Crippen LogP contribution in [0.3, 0.4) is 0 Å². The quantitative estimate of drug-likeness (QED) is 0.737. The molecule has 3 heteroatoms. The van der Waals surface area contributed by atoms with Crippen molar-refractivity contribution in [2.24, 2.45) is 0 Å². The van der Waals surface area contributed by atoms with Gasteiger partial charge in [0.2, 0.25) is 0 Å². The standard InChI is InChI=1S/C10H17N3/c1-8(2)13-6-9-4-5-12-7-10(9)11-3/h4-5,7-8,11,13H,6H2,1-3H3. The Kier molecular flexibility index (Phi) is 3.71. The van der Waals surface area contributed by atoms with Gasteiger partial charge in [0.05, 0.1) is 11.9 Å². The Balaban J connectivity index is 2.64. The SMILES string of the molecule is CNc1cnccc1CNC(C)C. The Morgan fingerprint density at radius 2 is 2.23 bits per heavy atom. The minimum Gasteiger partial charge on any atom is -0.387 e. The molecule has 72 valence electrons. The molecular formula is C10H17N3. The van der Waals surface area contributed by atoms with E-state index in [2.05, 4.69) is 29.5 Å². The highest BCUT2D eigenvalue weighted by Gasteiger charge is 2.00.